The number of carbonyl (C=O) groups is 2. The summed E-state index contributed by atoms with van der Waals surface area (Å²) < 4.78 is 10.6. The van der Waals surface area contributed by atoms with Crippen molar-refractivity contribution >= 4 is 23.5 Å². The number of benzene rings is 2. The van der Waals surface area contributed by atoms with Gasteiger partial charge < -0.3 is 14.4 Å². The van der Waals surface area contributed by atoms with Crippen molar-refractivity contribution < 1.29 is 19.1 Å². The molecule has 1 saturated heterocycles. The second kappa shape index (κ2) is 8.44. The van der Waals surface area contributed by atoms with Gasteiger partial charge in [-0.15, -0.1) is 0 Å². The van der Waals surface area contributed by atoms with Gasteiger partial charge in [-0.25, -0.2) is 0 Å². The van der Waals surface area contributed by atoms with Crippen molar-refractivity contribution in [1.29, 1.82) is 0 Å². The number of ether oxygens (including phenoxy) is 2. The van der Waals surface area contributed by atoms with Crippen molar-refractivity contribution in [3.8, 4) is 5.75 Å². The predicted octanol–water partition coefficient (Wildman–Crippen LogP) is 3.45. The van der Waals surface area contributed by atoms with Gasteiger partial charge in [0.25, 0.3) is 5.91 Å². The van der Waals surface area contributed by atoms with Crippen LogP contribution in [0.2, 0.25) is 5.02 Å². The number of para-hydroxylation sites is 1. The quantitative estimate of drug-likeness (QED) is 0.737. The van der Waals surface area contributed by atoms with E-state index in [0.717, 1.165) is 5.56 Å². The average Bonchev–Trinajstić information content (AvgIpc) is 2.73. The summed E-state index contributed by atoms with van der Waals surface area (Å²) in [7, 11) is 1.40. The van der Waals surface area contributed by atoms with Crippen molar-refractivity contribution in [2.24, 2.45) is 0 Å². The molecule has 2 aromatic carbocycles. The molecular weight excluding hydrogens is 366 g/mol. The zero-order valence-electron chi connectivity index (χ0n) is 15.2. The molecule has 27 heavy (non-hydrogen) atoms. The van der Waals surface area contributed by atoms with Crippen molar-refractivity contribution in [2.75, 3.05) is 26.8 Å². The Hall–Kier alpha value is -2.53. The van der Waals surface area contributed by atoms with Crippen molar-refractivity contribution in [3.05, 3.63) is 65.2 Å². The summed E-state index contributed by atoms with van der Waals surface area (Å²) in [5.74, 6) is 0.104. The molecule has 0 aliphatic carbocycles. The van der Waals surface area contributed by atoms with Gasteiger partial charge in [-0.1, -0.05) is 54.1 Å². The van der Waals surface area contributed by atoms with Gasteiger partial charge in [-0.3, -0.25) is 9.59 Å². The Bertz CT molecular complexity index is 801. The van der Waals surface area contributed by atoms with E-state index in [4.69, 9.17) is 21.1 Å². The summed E-state index contributed by atoms with van der Waals surface area (Å²) in [6.07, 6.45) is 1.03. The fourth-order valence-corrected chi connectivity index (χ4v) is 3.68. The molecule has 0 bridgehead atoms. The molecule has 0 aromatic heterocycles. The molecule has 0 atom stereocenters. The average molecular weight is 388 g/mol. The zero-order chi connectivity index (χ0) is 19.3. The largest absolute Gasteiger partial charge is 0.482 e. The number of likely N-dealkylation sites (tertiary alicyclic amines) is 1. The number of nitrogens with zero attached hydrogens (tertiary/aromatic N) is 1. The first-order valence-electron chi connectivity index (χ1n) is 8.86. The molecule has 142 valence electrons. The molecule has 2 aromatic rings. The van der Waals surface area contributed by atoms with Crippen molar-refractivity contribution in [3.63, 3.8) is 0 Å². The van der Waals surface area contributed by atoms with E-state index in [1.165, 1.54) is 7.11 Å². The topological polar surface area (TPSA) is 55.8 Å². The number of hydrogen-bond acceptors (Lipinski definition) is 4. The number of piperidine rings is 1. The monoisotopic (exact) mass is 387 g/mol. The zero-order valence-corrected chi connectivity index (χ0v) is 15.9. The fourth-order valence-electron chi connectivity index (χ4n) is 3.49. The maximum absolute atomic E-state index is 12.5. The van der Waals surface area contributed by atoms with E-state index >= 15 is 0 Å². The van der Waals surface area contributed by atoms with Crippen molar-refractivity contribution in [1.82, 2.24) is 4.90 Å². The summed E-state index contributed by atoms with van der Waals surface area (Å²) in [5.41, 5.74) is 0.215. The summed E-state index contributed by atoms with van der Waals surface area (Å²) in [5, 5.41) is 0.470. The van der Waals surface area contributed by atoms with Crippen LogP contribution in [-0.4, -0.2) is 43.6 Å². The molecule has 1 fully saturated rings. The second-order valence-corrected chi connectivity index (χ2v) is 6.95. The first kappa shape index (κ1) is 19.2. The lowest BCUT2D eigenvalue weighted by molar-refractivity contribution is -0.151. The first-order chi connectivity index (χ1) is 13.1. The lowest BCUT2D eigenvalue weighted by Gasteiger charge is -2.40. The van der Waals surface area contributed by atoms with Crippen LogP contribution in [0.15, 0.2) is 54.6 Å². The maximum atomic E-state index is 12.5. The minimum atomic E-state index is -0.712. The maximum Gasteiger partial charge on any atom is 0.316 e. The summed E-state index contributed by atoms with van der Waals surface area (Å²) in [6, 6.07) is 16.7. The van der Waals surface area contributed by atoms with Crippen LogP contribution >= 0.6 is 11.6 Å². The smallest absolute Gasteiger partial charge is 0.316 e. The molecule has 5 nitrogen and oxygen atoms in total. The van der Waals surface area contributed by atoms with Gasteiger partial charge in [0.1, 0.15) is 5.75 Å². The van der Waals surface area contributed by atoms with E-state index in [9.17, 15) is 9.59 Å². The summed E-state index contributed by atoms with van der Waals surface area (Å²) >= 11 is 6.05. The number of esters is 1. The molecule has 6 heteroatoms. The molecule has 0 N–H and O–H groups in total. The van der Waals surface area contributed by atoms with Gasteiger partial charge in [-0.05, 0) is 30.5 Å². The van der Waals surface area contributed by atoms with Gasteiger partial charge in [0.05, 0.1) is 17.5 Å². The Morgan fingerprint density at radius 2 is 1.67 bits per heavy atom. The fraction of sp³-hybridized carbons (Fsp3) is 0.333. The highest BCUT2D eigenvalue weighted by atomic mass is 35.5. The number of rotatable bonds is 5. The molecule has 0 unspecified atom stereocenters. The Kier molecular flexibility index (Phi) is 6.01. The summed E-state index contributed by atoms with van der Waals surface area (Å²) in [4.78, 5) is 26.8. The SMILES string of the molecule is COC(=O)C1(c2ccccc2)CCN(C(=O)COc2ccccc2Cl)CC1. The van der Waals surface area contributed by atoms with E-state index in [2.05, 4.69) is 0 Å². The van der Waals surface area contributed by atoms with Gasteiger partial charge in [0.15, 0.2) is 6.61 Å². The Morgan fingerprint density at radius 1 is 1.04 bits per heavy atom. The van der Waals surface area contributed by atoms with E-state index in [0.29, 0.717) is 36.7 Å². The summed E-state index contributed by atoms with van der Waals surface area (Å²) in [6.45, 7) is 0.851. The molecule has 1 aliphatic heterocycles. The molecule has 1 aliphatic rings. The highest BCUT2D eigenvalue weighted by Crippen LogP contribution is 2.36. The van der Waals surface area contributed by atoms with E-state index in [1.54, 1.807) is 29.2 Å². The standard InChI is InChI=1S/C21H22ClNO4/c1-26-20(25)21(16-7-3-2-4-8-16)11-13-23(14-12-21)19(24)15-27-18-10-6-5-9-17(18)22/h2-10H,11-15H2,1H3. The van der Waals surface area contributed by atoms with Crippen LogP contribution in [0.1, 0.15) is 18.4 Å². The van der Waals surface area contributed by atoms with Crippen LogP contribution in [0.3, 0.4) is 0 Å². The molecular formula is C21H22ClNO4. The number of halogens is 1. The van der Waals surface area contributed by atoms with Crippen molar-refractivity contribution in [2.45, 2.75) is 18.3 Å². The van der Waals surface area contributed by atoms with Gasteiger partial charge in [0, 0.05) is 13.1 Å². The minimum Gasteiger partial charge on any atom is -0.482 e. The third kappa shape index (κ3) is 4.08. The molecule has 0 radical (unpaired) electrons. The molecule has 0 saturated carbocycles. The van der Waals surface area contributed by atoms with Crippen LogP contribution in [0, 0.1) is 0 Å². The van der Waals surface area contributed by atoms with E-state index in [1.807, 2.05) is 30.3 Å². The third-order valence-corrected chi connectivity index (χ3v) is 5.37. The van der Waals surface area contributed by atoms with Gasteiger partial charge >= 0.3 is 5.97 Å². The number of methoxy groups -OCH3 is 1. The molecule has 1 amide bonds. The number of carbonyl (C=O) groups excluding carboxylic acids is 2. The number of hydrogen-bond donors (Lipinski definition) is 0. The van der Waals surface area contributed by atoms with Gasteiger partial charge in [-0.2, -0.15) is 0 Å². The van der Waals surface area contributed by atoms with Gasteiger partial charge in [0.2, 0.25) is 0 Å². The molecule has 3 rings (SSSR count). The molecule has 1 heterocycles. The highest BCUT2D eigenvalue weighted by molar-refractivity contribution is 6.32. The van der Waals surface area contributed by atoms with Crippen LogP contribution in [0.5, 0.6) is 5.75 Å². The normalized spacial score (nSPS) is 15.9. The lowest BCUT2D eigenvalue weighted by atomic mass is 9.72. The van der Waals surface area contributed by atoms with Crippen LogP contribution in [-0.2, 0) is 19.7 Å². The van der Waals surface area contributed by atoms with Crippen LogP contribution in [0.4, 0.5) is 0 Å². The molecule has 0 spiro atoms. The Labute approximate surface area is 163 Å². The Morgan fingerprint density at radius 3 is 2.30 bits per heavy atom. The minimum absolute atomic E-state index is 0.0830. The second-order valence-electron chi connectivity index (χ2n) is 6.54. The first-order valence-corrected chi connectivity index (χ1v) is 9.24. The predicted molar refractivity (Wildman–Crippen MR) is 103 cm³/mol. The lowest BCUT2D eigenvalue weighted by Crippen LogP contribution is -2.50. The van der Waals surface area contributed by atoms with Crippen LogP contribution in [0.25, 0.3) is 0 Å². The number of amides is 1. The van der Waals surface area contributed by atoms with Crippen LogP contribution < -0.4 is 4.74 Å². The van der Waals surface area contributed by atoms with E-state index in [-0.39, 0.29) is 18.5 Å². The Balaban J connectivity index is 1.65. The van der Waals surface area contributed by atoms with E-state index < -0.39 is 5.41 Å². The highest BCUT2D eigenvalue weighted by Gasteiger charge is 2.44. The third-order valence-electron chi connectivity index (χ3n) is 5.06.